The summed E-state index contributed by atoms with van der Waals surface area (Å²) in [5.74, 6) is -1.84. The second kappa shape index (κ2) is 4.68. The van der Waals surface area contributed by atoms with Crippen LogP contribution in [0.4, 0.5) is 13.2 Å². The lowest BCUT2D eigenvalue weighted by Crippen LogP contribution is -2.29. The first-order valence-electron chi connectivity index (χ1n) is 4.36. The molecule has 0 spiro atoms. The van der Waals surface area contributed by atoms with E-state index >= 15 is 0 Å². The van der Waals surface area contributed by atoms with Crippen molar-refractivity contribution in [2.24, 2.45) is 0 Å². The lowest BCUT2D eigenvalue weighted by Gasteiger charge is -2.17. The zero-order chi connectivity index (χ0) is 13.2. The van der Waals surface area contributed by atoms with Gasteiger partial charge in [-0.3, -0.25) is 4.98 Å². The highest BCUT2D eigenvalue weighted by Crippen LogP contribution is 2.34. The Morgan fingerprint density at radius 3 is 2.41 bits per heavy atom. The smallest absolute Gasteiger partial charge is 0.418 e. The zero-order valence-corrected chi connectivity index (χ0v) is 8.22. The first-order chi connectivity index (χ1) is 7.75. The van der Waals surface area contributed by atoms with Crippen molar-refractivity contribution < 1.29 is 33.3 Å². The Morgan fingerprint density at radius 1 is 1.35 bits per heavy atom. The number of carboxylic acids is 1. The van der Waals surface area contributed by atoms with Gasteiger partial charge < -0.3 is 15.3 Å². The van der Waals surface area contributed by atoms with Gasteiger partial charge in [0.05, 0.1) is 11.3 Å². The van der Waals surface area contributed by atoms with E-state index in [1.807, 2.05) is 0 Å². The van der Waals surface area contributed by atoms with Crippen molar-refractivity contribution in [3.63, 3.8) is 0 Å². The van der Waals surface area contributed by atoms with Crippen LogP contribution in [0, 0.1) is 0 Å². The van der Waals surface area contributed by atoms with Crippen LogP contribution in [-0.2, 0) is 11.0 Å². The molecule has 0 amide bonds. The van der Waals surface area contributed by atoms with Gasteiger partial charge in [0.1, 0.15) is 6.10 Å². The van der Waals surface area contributed by atoms with Crippen LogP contribution in [0.2, 0.25) is 0 Å². The number of nitrogens with zero attached hydrogens (tertiary/aromatic N) is 1. The molecule has 1 aromatic rings. The molecule has 0 aromatic carbocycles. The third-order valence-electron chi connectivity index (χ3n) is 1.98. The normalized spacial score (nSPS) is 15.4. The van der Waals surface area contributed by atoms with Gasteiger partial charge in [-0.05, 0) is 12.1 Å². The number of carboxylic acid groups (broad SMARTS) is 1. The molecule has 0 radical (unpaired) electrons. The van der Waals surface area contributed by atoms with Crippen LogP contribution in [-0.4, -0.2) is 32.4 Å². The van der Waals surface area contributed by atoms with E-state index in [-0.39, 0.29) is 0 Å². The molecular weight excluding hydrogens is 243 g/mol. The van der Waals surface area contributed by atoms with E-state index in [4.69, 9.17) is 10.2 Å². The highest BCUT2D eigenvalue weighted by atomic mass is 19.4. The van der Waals surface area contributed by atoms with Gasteiger partial charge in [0.2, 0.25) is 0 Å². The molecule has 1 aromatic heterocycles. The second-order valence-corrected chi connectivity index (χ2v) is 3.16. The average molecular weight is 251 g/mol. The van der Waals surface area contributed by atoms with Gasteiger partial charge in [0.15, 0.2) is 6.10 Å². The summed E-state index contributed by atoms with van der Waals surface area (Å²) in [6, 6.07) is 1.63. The molecule has 0 aliphatic heterocycles. The van der Waals surface area contributed by atoms with Crippen molar-refractivity contribution in [1.82, 2.24) is 4.98 Å². The quantitative estimate of drug-likeness (QED) is 0.731. The van der Waals surface area contributed by atoms with E-state index in [0.29, 0.717) is 6.07 Å². The van der Waals surface area contributed by atoms with Crippen LogP contribution in [0.5, 0.6) is 0 Å². The second-order valence-electron chi connectivity index (χ2n) is 3.16. The van der Waals surface area contributed by atoms with Gasteiger partial charge in [-0.1, -0.05) is 0 Å². The van der Waals surface area contributed by atoms with Crippen LogP contribution >= 0.6 is 0 Å². The number of alkyl halides is 3. The van der Waals surface area contributed by atoms with E-state index in [1.165, 1.54) is 0 Å². The third-order valence-corrected chi connectivity index (χ3v) is 1.98. The van der Waals surface area contributed by atoms with E-state index in [0.717, 1.165) is 12.3 Å². The first-order valence-corrected chi connectivity index (χ1v) is 4.36. The van der Waals surface area contributed by atoms with Gasteiger partial charge in [0, 0.05) is 6.20 Å². The molecule has 0 saturated carbocycles. The zero-order valence-electron chi connectivity index (χ0n) is 8.22. The summed E-state index contributed by atoms with van der Waals surface area (Å²) in [4.78, 5) is 13.6. The molecule has 0 aliphatic carbocycles. The minimum atomic E-state index is -4.79. The summed E-state index contributed by atoms with van der Waals surface area (Å²) in [7, 11) is 0. The lowest BCUT2D eigenvalue weighted by atomic mass is 10.0. The Balaban J connectivity index is 3.18. The lowest BCUT2D eigenvalue weighted by molar-refractivity contribution is -0.155. The maximum absolute atomic E-state index is 12.5. The van der Waals surface area contributed by atoms with Gasteiger partial charge >= 0.3 is 12.1 Å². The standard InChI is InChI=1S/C9H8F3NO4/c10-9(11,12)4-2-1-3-13-5(4)6(14)7(15)8(16)17/h1-3,6-7,14-15H,(H,16,17). The van der Waals surface area contributed by atoms with Crippen molar-refractivity contribution in [2.75, 3.05) is 0 Å². The fraction of sp³-hybridized carbons (Fsp3) is 0.333. The Morgan fingerprint density at radius 2 is 1.94 bits per heavy atom. The summed E-state index contributed by atoms with van der Waals surface area (Å²) in [6.07, 6.45) is -8.44. The highest BCUT2D eigenvalue weighted by Gasteiger charge is 2.38. The summed E-state index contributed by atoms with van der Waals surface area (Å²) in [5.41, 5.74) is -2.21. The minimum absolute atomic E-state index is 0.639. The highest BCUT2D eigenvalue weighted by molar-refractivity contribution is 5.73. The number of halogens is 3. The molecule has 1 heterocycles. The van der Waals surface area contributed by atoms with Gasteiger partial charge in [-0.15, -0.1) is 0 Å². The Bertz CT molecular complexity index is 421. The molecule has 0 fully saturated rings. The molecule has 94 valence electrons. The molecule has 3 N–H and O–H groups in total. The third kappa shape index (κ3) is 2.92. The van der Waals surface area contributed by atoms with Crippen LogP contribution in [0.25, 0.3) is 0 Å². The Labute approximate surface area is 93.2 Å². The number of carbonyl (C=O) groups is 1. The number of aliphatic carboxylic acids is 1. The van der Waals surface area contributed by atoms with Crippen molar-refractivity contribution in [2.45, 2.75) is 18.4 Å². The largest absolute Gasteiger partial charge is 0.479 e. The molecule has 2 atom stereocenters. The SMILES string of the molecule is O=C(O)C(O)C(O)c1ncccc1C(F)(F)F. The van der Waals surface area contributed by atoms with Crippen molar-refractivity contribution in [1.29, 1.82) is 0 Å². The Kier molecular flexibility index (Phi) is 3.69. The molecule has 17 heavy (non-hydrogen) atoms. The molecule has 0 bridgehead atoms. The van der Waals surface area contributed by atoms with E-state index in [9.17, 15) is 23.1 Å². The number of hydrogen-bond donors (Lipinski definition) is 3. The number of rotatable bonds is 3. The molecule has 8 heteroatoms. The fourth-order valence-electron chi connectivity index (χ4n) is 1.18. The van der Waals surface area contributed by atoms with Crippen LogP contribution in [0.15, 0.2) is 18.3 Å². The molecule has 5 nitrogen and oxygen atoms in total. The summed E-state index contributed by atoms with van der Waals surface area (Å²) >= 11 is 0. The number of aliphatic hydroxyl groups is 2. The summed E-state index contributed by atoms with van der Waals surface area (Å²) in [6.45, 7) is 0. The molecule has 1 rings (SSSR count). The van der Waals surface area contributed by atoms with Crippen LogP contribution < -0.4 is 0 Å². The van der Waals surface area contributed by atoms with Crippen molar-refractivity contribution >= 4 is 5.97 Å². The number of aromatic nitrogens is 1. The Hall–Kier alpha value is -1.67. The predicted octanol–water partition coefficient (Wildman–Crippen LogP) is 0.579. The molecular formula is C9H8F3NO4. The van der Waals surface area contributed by atoms with Crippen LogP contribution in [0.1, 0.15) is 17.4 Å². The number of pyridine rings is 1. The predicted molar refractivity (Wildman–Crippen MR) is 47.8 cm³/mol. The maximum Gasteiger partial charge on any atom is 0.418 e. The minimum Gasteiger partial charge on any atom is -0.479 e. The monoisotopic (exact) mass is 251 g/mol. The number of aliphatic hydroxyl groups excluding tert-OH is 2. The van der Waals surface area contributed by atoms with Crippen molar-refractivity contribution in [3.05, 3.63) is 29.6 Å². The first kappa shape index (κ1) is 13.4. The van der Waals surface area contributed by atoms with Crippen LogP contribution in [0.3, 0.4) is 0 Å². The maximum atomic E-state index is 12.5. The van der Waals surface area contributed by atoms with Gasteiger partial charge in [0.25, 0.3) is 0 Å². The molecule has 2 unspecified atom stereocenters. The average Bonchev–Trinajstić information content (AvgIpc) is 2.25. The van der Waals surface area contributed by atoms with Crippen molar-refractivity contribution in [3.8, 4) is 0 Å². The van der Waals surface area contributed by atoms with Gasteiger partial charge in [-0.2, -0.15) is 13.2 Å². The molecule has 0 aliphatic rings. The van der Waals surface area contributed by atoms with E-state index in [2.05, 4.69) is 4.98 Å². The summed E-state index contributed by atoms with van der Waals surface area (Å²) in [5, 5.41) is 26.7. The topological polar surface area (TPSA) is 90.7 Å². The fourth-order valence-corrected chi connectivity index (χ4v) is 1.18. The van der Waals surface area contributed by atoms with Gasteiger partial charge in [-0.25, -0.2) is 4.79 Å². The molecule has 0 saturated heterocycles. The summed E-state index contributed by atoms with van der Waals surface area (Å²) < 4.78 is 37.5. The van der Waals surface area contributed by atoms with E-state index < -0.39 is 35.6 Å². The van der Waals surface area contributed by atoms with E-state index in [1.54, 1.807) is 0 Å². The number of hydrogen-bond acceptors (Lipinski definition) is 4.